The van der Waals surface area contributed by atoms with E-state index in [4.69, 9.17) is 4.74 Å². The van der Waals surface area contributed by atoms with Gasteiger partial charge in [0.1, 0.15) is 18.2 Å². The van der Waals surface area contributed by atoms with E-state index in [0.29, 0.717) is 25.4 Å². The maximum Gasteiger partial charge on any atom is 0.416 e. The van der Waals surface area contributed by atoms with Crippen LogP contribution in [0.4, 0.5) is 19.0 Å². The predicted molar refractivity (Wildman–Crippen MR) is 104 cm³/mol. The lowest BCUT2D eigenvalue weighted by Crippen LogP contribution is -2.31. The number of halogens is 3. The molecule has 160 valence electrons. The van der Waals surface area contributed by atoms with Crippen molar-refractivity contribution in [2.45, 2.75) is 38.0 Å². The van der Waals surface area contributed by atoms with Gasteiger partial charge in [-0.25, -0.2) is 9.97 Å². The number of alkyl halides is 3. The number of hydrogen-bond donors (Lipinski definition) is 0. The Morgan fingerprint density at radius 3 is 2.63 bits per heavy atom. The highest BCUT2D eigenvalue weighted by Crippen LogP contribution is 2.30. The van der Waals surface area contributed by atoms with Crippen molar-refractivity contribution < 1.29 is 22.7 Å². The average Bonchev–Trinajstić information content (AvgIpc) is 3.22. The Hall–Kier alpha value is -2.84. The molecule has 0 N–H and O–H groups in total. The second-order valence-corrected chi connectivity index (χ2v) is 7.62. The summed E-state index contributed by atoms with van der Waals surface area (Å²) in [7, 11) is 0. The molecule has 0 saturated carbocycles. The van der Waals surface area contributed by atoms with Crippen LogP contribution in [-0.2, 0) is 6.18 Å². The number of hydrogen-bond acceptors (Lipinski definition) is 5. The minimum absolute atomic E-state index is 0.0277. The van der Waals surface area contributed by atoms with E-state index in [2.05, 4.69) is 14.9 Å². The highest BCUT2D eigenvalue weighted by Gasteiger charge is 2.33. The zero-order valence-electron chi connectivity index (χ0n) is 16.4. The van der Waals surface area contributed by atoms with Crippen molar-refractivity contribution in [3.63, 3.8) is 0 Å². The molecule has 2 fully saturated rings. The van der Waals surface area contributed by atoms with E-state index in [1.54, 1.807) is 0 Å². The van der Waals surface area contributed by atoms with Crippen molar-refractivity contribution in [3.05, 3.63) is 47.8 Å². The van der Waals surface area contributed by atoms with Crippen LogP contribution in [0.3, 0.4) is 0 Å². The number of rotatable bonds is 4. The fourth-order valence-corrected chi connectivity index (χ4v) is 3.88. The molecule has 0 radical (unpaired) electrons. The third-order valence-corrected chi connectivity index (χ3v) is 5.46. The Morgan fingerprint density at radius 1 is 1.07 bits per heavy atom. The normalized spacial score (nSPS) is 19.8. The first kappa shape index (κ1) is 20.4. The summed E-state index contributed by atoms with van der Waals surface area (Å²) in [4.78, 5) is 24.9. The predicted octanol–water partition coefficient (Wildman–Crippen LogP) is 3.78. The van der Waals surface area contributed by atoms with Crippen molar-refractivity contribution in [3.8, 4) is 5.88 Å². The molecule has 2 aliphatic rings. The van der Waals surface area contributed by atoms with Crippen molar-refractivity contribution >= 4 is 11.7 Å². The van der Waals surface area contributed by atoms with Crippen molar-refractivity contribution in [2.75, 3.05) is 31.1 Å². The minimum Gasteiger partial charge on any atom is -0.472 e. The van der Waals surface area contributed by atoms with Gasteiger partial charge >= 0.3 is 6.18 Å². The number of ether oxygens (including phenoxy) is 1. The lowest BCUT2D eigenvalue weighted by atomic mass is 10.1. The van der Waals surface area contributed by atoms with Gasteiger partial charge in [0.25, 0.3) is 5.91 Å². The summed E-state index contributed by atoms with van der Waals surface area (Å²) in [6, 6.07) is 6.32. The van der Waals surface area contributed by atoms with E-state index in [1.807, 2.05) is 6.07 Å². The molecule has 1 unspecified atom stereocenters. The quantitative estimate of drug-likeness (QED) is 0.754. The second-order valence-electron chi connectivity index (χ2n) is 7.62. The number of carbonyl (C=O) groups is 1. The minimum atomic E-state index is -4.48. The SMILES string of the molecule is O=C(c1cccc(C(F)(F)F)c1)N1CCC(Oc2cc(N3CCCCC3)ncn2)C1. The van der Waals surface area contributed by atoms with Crippen molar-refractivity contribution in [1.82, 2.24) is 14.9 Å². The Bertz CT molecular complexity index is 900. The molecule has 1 atom stereocenters. The number of nitrogens with zero attached hydrogens (tertiary/aromatic N) is 4. The van der Waals surface area contributed by atoms with Crippen LogP contribution < -0.4 is 9.64 Å². The fraction of sp³-hybridized carbons (Fsp3) is 0.476. The van der Waals surface area contributed by atoms with Gasteiger partial charge < -0.3 is 14.5 Å². The number of piperidine rings is 1. The number of amides is 1. The standard InChI is InChI=1S/C21H23F3N4O2/c22-21(23,24)16-6-4-5-15(11-16)20(29)28-10-7-17(13-28)30-19-12-18(25-14-26-19)27-8-2-1-3-9-27/h4-6,11-12,14,17H,1-3,7-10,13H2. The van der Waals surface area contributed by atoms with Crippen LogP contribution in [0.25, 0.3) is 0 Å². The highest BCUT2D eigenvalue weighted by molar-refractivity contribution is 5.94. The topological polar surface area (TPSA) is 58.6 Å². The van der Waals surface area contributed by atoms with E-state index in [1.165, 1.54) is 29.8 Å². The third-order valence-electron chi connectivity index (χ3n) is 5.46. The molecule has 1 amide bonds. The lowest BCUT2D eigenvalue weighted by molar-refractivity contribution is -0.137. The Labute approximate surface area is 172 Å². The number of carbonyl (C=O) groups excluding carboxylic acids is 1. The van der Waals surface area contributed by atoms with Gasteiger partial charge in [-0.1, -0.05) is 6.07 Å². The molecule has 0 aliphatic carbocycles. The Kier molecular flexibility index (Phi) is 5.78. The molecule has 2 aliphatic heterocycles. The van der Waals surface area contributed by atoms with Crippen LogP contribution >= 0.6 is 0 Å². The second kappa shape index (κ2) is 8.49. The van der Waals surface area contributed by atoms with Gasteiger partial charge in [-0.3, -0.25) is 4.79 Å². The monoisotopic (exact) mass is 420 g/mol. The molecule has 1 aromatic heterocycles. The van der Waals surface area contributed by atoms with E-state index in [0.717, 1.165) is 43.9 Å². The molecule has 1 aromatic carbocycles. The van der Waals surface area contributed by atoms with E-state index in [9.17, 15) is 18.0 Å². The van der Waals surface area contributed by atoms with Crippen LogP contribution in [0.15, 0.2) is 36.7 Å². The molecule has 2 aromatic rings. The summed E-state index contributed by atoms with van der Waals surface area (Å²) in [6.07, 6.45) is 0.816. The Morgan fingerprint density at radius 2 is 1.87 bits per heavy atom. The number of benzene rings is 1. The van der Waals surface area contributed by atoms with Crippen LogP contribution in [0.2, 0.25) is 0 Å². The Balaban J connectivity index is 1.38. The summed E-state index contributed by atoms with van der Waals surface area (Å²) in [5.41, 5.74) is -0.800. The zero-order valence-corrected chi connectivity index (χ0v) is 16.4. The van der Waals surface area contributed by atoms with Gasteiger partial charge in [0.2, 0.25) is 5.88 Å². The molecule has 0 bridgehead atoms. The third kappa shape index (κ3) is 4.66. The molecule has 30 heavy (non-hydrogen) atoms. The van der Waals surface area contributed by atoms with Gasteiger partial charge in [0.05, 0.1) is 12.1 Å². The first-order chi connectivity index (χ1) is 14.4. The number of anilines is 1. The highest BCUT2D eigenvalue weighted by atomic mass is 19.4. The molecule has 0 spiro atoms. The number of likely N-dealkylation sites (tertiary alicyclic amines) is 1. The van der Waals surface area contributed by atoms with Crippen LogP contribution in [0.1, 0.15) is 41.6 Å². The first-order valence-corrected chi connectivity index (χ1v) is 10.1. The van der Waals surface area contributed by atoms with E-state index >= 15 is 0 Å². The maximum absolute atomic E-state index is 12.9. The largest absolute Gasteiger partial charge is 0.472 e. The zero-order chi connectivity index (χ0) is 21.1. The summed E-state index contributed by atoms with van der Waals surface area (Å²) < 4.78 is 44.7. The van der Waals surface area contributed by atoms with E-state index < -0.39 is 17.6 Å². The number of aromatic nitrogens is 2. The fourth-order valence-electron chi connectivity index (χ4n) is 3.88. The van der Waals surface area contributed by atoms with Gasteiger partial charge in [0.15, 0.2) is 0 Å². The van der Waals surface area contributed by atoms with Crippen LogP contribution in [0, 0.1) is 0 Å². The smallest absolute Gasteiger partial charge is 0.416 e. The maximum atomic E-state index is 12.9. The van der Waals surface area contributed by atoms with Gasteiger partial charge in [0, 0.05) is 37.7 Å². The molecule has 9 heteroatoms. The summed E-state index contributed by atoms with van der Waals surface area (Å²) in [6.45, 7) is 2.64. The molecular weight excluding hydrogens is 397 g/mol. The molecule has 6 nitrogen and oxygen atoms in total. The first-order valence-electron chi connectivity index (χ1n) is 10.1. The van der Waals surface area contributed by atoms with Gasteiger partial charge in [-0.05, 0) is 37.5 Å². The molecule has 3 heterocycles. The van der Waals surface area contributed by atoms with Crippen molar-refractivity contribution in [2.24, 2.45) is 0 Å². The summed E-state index contributed by atoms with van der Waals surface area (Å²) in [5, 5.41) is 0. The van der Waals surface area contributed by atoms with Crippen molar-refractivity contribution in [1.29, 1.82) is 0 Å². The van der Waals surface area contributed by atoms with Gasteiger partial charge in [-0.2, -0.15) is 13.2 Å². The lowest BCUT2D eigenvalue weighted by Gasteiger charge is -2.27. The molecular formula is C21H23F3N4O2. The summed E-state index contributed by atoms with van der Waals surface area (Å²) >= 11 is 0. The molecule has 4 rings (SSSR count). The molecule has 2 saturated heterocycles. The van der Waals surface area contributed by atoms with Crippen LogP contribution in [-0.4, -0.2) is 53.1 Å². The average molecular weight is 420 g/mol. The summed E-state index contributed by atoms with van der Waals surface area (Å²) in [5.74, 6) is 0.849. The van der Waals surface area contributed by atoms with E-state index in [-0.39, 0.29) is 11.7 Å². The van der Waals surface area contributed by atoms with Gasteiger partial charge in [-0.15, -0.1) is 0 Å². The van der Waals surface area contributed by atoms with Crippen LogP contribution in [0.5, 0.6) is 5.88 Å².